The minimum Gasteiger partial charge on any atom is -0.373 e. The van der Waals surface area contributed by atoms with E-state index in [1.807, 2.05) is 0 Å². The van der Waals surface area contributed by atoms with E-state index in [0.29, 0.717) is 18.0 Å². The van der Waals surface area contributed by atoms with Crippen molar-refractivity contribution in [2.75, 3.05) is 17.7 Å². The molecule has 1 heterocycles. The topological polar surface area (TPSA) is 54.0 Å². The summed E-state index contributed by atoms with van der Waals surface area (Å²) in [6, 6.07) is 3.92. The standard InChI is InChI=1S/C13H10F3N3O/c1-17-11-4-7(2-3-18-11)13(20)19-10-6-8(14)5-9(15)12(10)16/h2-6H,1H3,(H,17,18)(H,19,20). The third kappa shape index (κ3) is 2.87. The van der Waals surface area contributed by atoms with E-state index in [2.05, 4.69) is 15.6 Å². The second-order valence-electron chi connectivity index (χ2n) is 3.88. The van der Waals surface area contributed by atoms with Crippen molar-refractivity contribution in [3.8, 4) is 0 Å². The van der Waals surface area contributed by atoms with Gasteiger partial charge in [-0.3, -0.25) is 4.79 Å². The number of nitrogens with one attached hydrogen (secondary N) is 2. The average Bonchev–Trinajstić information content (AvgIpc) is 2.44. The number of benzene rings is 1. The maximum Gasteiger partial charge on any atom is 0.255 e. The summed E-state index contributed by atoms with van der Waals surface area (Å²) in [4.78, 5) is 15.8. The molecule has 7 heteroatoms. The van der Waals surface area contributed by atoms with E-state index in [1.54, 1.807) is 7.05 Å². The largest absolute Gasteiger partial charge is 0.373 e. The van der Waals surface area contributed by atoms with E-state index in [9.17, 15) is 18.0 Å². The molecule has 0 aliphatic rings. The van der Waals surface area contributed by atoms with E-state index >= 15 is 0 Å². The van der Waals surface area contributed by atoms with Crippen molar-refractivity contribution in [2.24, 2.45) is 0 Å². The molecule has 0 fully saturated rings. The van der Waals surface area contributed by atoms with Crippen LogP contribution in [0.3, 0.4) is 0 Å². The number of carbonyl (C=O) groups is 1. The fourth-order valence-electron chi connectivity index (χ4n) is 1.55. The Morgan fingerprint density at radius 1 is 1.20 bits per heavy atom. The van der Waals surface area contributed by atoms with Crippen LogP contribution >= 0.6 is 0 Å². The molecule has 0 saturated heterocycles. The molecule has 2 rings (SSSR count). The molecule has 0 spiro atoms. The molecule has 1 aromatic heterocycles. The van der Waals surface area contributed by atoms with Crippen molar-refractivity contribution < 1.29 is 18.0 Å². The zero-order chi connectivity index (χ0) is 14.7. The molecule has 1 aromatic carbocycles. The van der Waals surface area contributed by atoms with Gasteiger partial charge in [-0.25, -0.2) is 18.2 Å². The molecule has 104 valence electrons. The van der Waals surface area contributed by atoms with Gasteiger partial charge in [0, 0.05) is 30.9 Å². The Labute approximate surface area is 112 Å². The Balaban J connectivity index is 2.27. The number of anilines is 2. The molecule has 1 amide bonds. The molecule has 2 N–H and O–H groups in total. The molecular weight excluding hydrogens is 271 g/mol. The highest BCUT2D eigenvalue weighted by atomic mass is 19.2. The van der Waals surface area contributed by atoms with Crippen molar-refractivity contribution in [3.05, 3.63) is 53.5 Å². The number of rotatable bonds is 3. The van der Waals surface area contributed by atoms with Gasteiger partial charge >= 0.3 is 0 Å². The summed E-state index contributed by atoms with van der Waals surface area (Å²) in [7, 11) is 1.62. The molecule has 20 heavy (non-hydrogen) atoms. The number of hydrogen-bond acceptors (Lipinski definition) is 3. The minimum atomic E-state index is -1.37. The first-order valence-corrected chi connectivity index (χ1v) is 5.61. The highest BCUT2D eigenvalue weighted by Gasteiger charge is 2.14. The van der Waals surface area contributed by atoms with Crippen LogP contribution in [0.2, 0.25) is 0 Å². The molecule has 0 aliphatic carbocycles. The van der Waals surface area contributed by atoms with Gasteiger partial charge in [0.15, 0.2) is 11.6 Å². The highest BCUT2D eigenvalue weighted by Crippen LogP contribution is 2.20. The zero-order valence-corrected chi connectivity index (χ0v) is 10.4. The molecule has 2 aromatic rings. The van der Waals surface area contributed by atoms with Crippen molar-refractivity contribution in [1.29, 1.82) is 0 Å². The zero-order valence-electron chi connectivity index (χ0n) is 10.4. The Hall–Kier alpha value is -2.57. The van der Waals surface area contributed by atoms with Crippen LogP contribution in [0.5, 0.6) is 0 Å². The summed E-state index contributed by atoms with van der Waals surface area (Å²) in [6.45, 7) is 0. The molecule has 0 atom stereocenters. The van der Waals surface area contributed by atoms with E-state index in [-0.39, 0.29) is 5.56 Å². The van der Waals surface area contributed by atoms with Gasteiger partial charge in [-0.1, -0.05) is 0 Å². The highest BCUT2D eigenvalue weighted by molar-refractivity contribution is 6.04. The van der Waals surface area contributed by atoms with E-state index < -0.39 is 29.0 Å². The lowest BCUT2D eigenvalue weighted by atomic mass is 10.2. The first-order valence-electron chi connectivity index (χ1n) is 5.61. The molecule has 0 unspecified atom stereocenters. The van der Waals surface area contributed by atoms with Crippen molar-refractivity contribution in [1.82, 2.24) is 4.98 Å². The summed E-state index contributed by atoms with van der Waals surface area (Å²) in [5, 5.41) is 4.84. The van der Waals surface area contributed by atoms with Crippen molar-refractivity contribution >= 4 is 17.4 Å². The minimum absolute atomic E-state index is 0.174. The Bertz CT molecular complexity index is 661. The van der Waals surface area contributed by atoms with E-state index in [0.717, 1.165) is 0 Å². The second kappa shape index (κ2) is 5.60. The maximum absolute atomic E-state index is 13.4. The van der Waals surface area contributed by atoms with Crippen LogP contribution in [0, 0.1) is 17.5 Å². The van der Waals surface area contributed by atoms with Gasteiger partial charge in [0.1, 0.15) is 11.6 Å². The third-order valence-corrected chi connectivity index (χ3v) is 2.52. The molecule has 0 bridgehead atoms. The summed E-state index contributed by atoms with van der Waals surface area (Å²) in [5.41, 5.74) is -0.385. The van der Waals surface area contributed by atoms with Gasteiger partial charge in [0.2, 0.25) is 0 Å². The number of hydrogen-bond donors (Lipinski definition) is 2. The SMILES string of the molecule is CNc1cc(C(=O)Nc2cc(F)cc(F)c2F)ccn1. The summed E-state index contributed by atoms with van der Waals surface area (Å²) >= 11 is 0. The van der Waals surface area contributed by atoms with Crippen LogP contribution in [0.1, 0.15) is 10.4 Å². The molecule has 0 radical (unpaired) electrons. The number of amides is 1. The van der Waals surface area contributed by atoms with Crippen LogP contribution in [0.25, 0.3) is 0 Å². The van der Waals surface area contributed by atoms with Crippen LogP contribution in [0.15, 0.2) is 30.5 Å². The van der Waals surface area contributed by atoms with Gasteiger partial charge in [-0.05, 0) is 12.1 Å². The van der Waals surface area contributed by atoms with Crippen molar-refractivity contribution in [3.63, 3.8) is 0 Å². The summed E-state index contributed by atoms with van der Waals surface area (Å²) in [5.74, 6) is -3.94. The summed E-state index contributed by atoms with van der Waals surface area (Å²) < 4.78 is 39.4. The van der Waals surface area contributed by atoms with Gasteiger partial charge < -0.3 is 10.6 Å². The van der Waals surface area contributed by atoms with Gasteiger partial charge in [0.05, 0.1) is 5.69 Å². The van der Waals surface area contributed by atoms with Crippen LogP contribution < -0.4 is 10.6 Å². The quantitative estimate of drug-likeness (QED) is 0.851. The molecule has 4 nitrogen and oxygen atoms in total. The number of aromatic nitrogens is 1. The Kier molecular flexibility index (Phi) is 3.88. The lowest BCUT2D eigenvalue weighted by Gasteiger charge is -2.08. The predicted molar refractivity (Wildman–Crippen MR) is 68.1 cm³/mol. The number of nitrogens with zero attached hydrogens (tertiary/aromatic N) is 1. The van der Waals surface area contributed by atoms with Crippen LogP contribution in [-0.4, -0.2) is 17.9 Å². The molecule has 0 saturated carbocycles. The molecular formula is C13H10F3N3O. The third-order valence-electron chi connectivity index (χ3n) is 2.52. The van der Waals surface area contributed by atoms with E-state index in [1.165, 1.54) is 18.3 Å². The first kappa shape index (κ1) is 13.9. The number of carbonyl (C=O) groups excluding carboxylic acids is 1. The normalized spacial score (nSPS) is 10.2. The van der Waals surface area contributed by atoms with Gasteiger partial charge in [-0.15, -0.1) is 0 Å². The fourth-order valence-corrected chi connectivity index (χ4v) is 1.55. The lowest BCUT2D eigenvalue weighted by molar-refractivity contribution is 0.102. The van der Waals surface area contributed by atoms with Crippen molar-refractivity contribution in [2.45, 2.75) is 0 Å². The van der Waals surface area contributed by atoms with Gasteiger partial charge in [0.25, 0.3) is 5.91 Å². The van der Waals surface area contributed by atoms with Gasteiger partial charge in [-0.2, -0.15) is 0 Å². The first-order chi connectivity index (χ1) is 9.51. The second-order valence-corrected chi connectivity index (χ2v) is 3.88. The fraction of sp³-hybridized carbons (Fsp3) is 0.0769. The monoisotopic (exact) mass is 281 g/mol. The maximum atomic E-state index is 13.4. The number of halogens is 3. The lowest BCUT2D eigenvalue weighted by Crippen LogP contribution is -2.14. The summed E-state index contributed by atoms with van der Waals surface area (Å²) in [6.07, 6.45) is 1.38. The van der Waals surface area contributed by atoms with Crippen LogP contribution in [-0.2, 0) is 0 Å². The Morgan fingerprint density at radius 3 is 2.65 bits per heavy atom. The average molecular weight is 281 g/mol. The predicted octanol–water partition coefficient (Wildman–Crippen LogP) is 2.79. The Morgan fingerprint density at radius 2 is 1.95 bits per heavy atom. The number of pyridine rings is 1. The van der Waals surface area contributed by atoms with Crippen LogP contribution in [0.4, 0.5) is 24.7 Å². The van der Waals surface area contributed by atoms with E-state index in [4.69, 9.17) is 0 Å². The molecule has 0 aliphatic heterocycles. The smallest absolute Gasteiger partial charge is 0.255 e.